The van der Waals surface area contributed by atoms with Crippen LogP contribution in [0.15, 0.2) is 110 Å². The van der Waals surface area contributed by atoms with E-state index in [-0.39, 0.29) is 82.0 Å². The number of aliphatic hydroxyl groups is 4. The maximum Gasteiger partial charge on any atom is 0.337 e. The predicted molar refractivity (Wildman–Crippen MR) is 301 cm³/mol. The van der Waals surface area contributed by atoms with E-state index in [1.54, 1.807) is 25.1 Å². The lowest BCUT2D eigenvalue weighted by Crippen LogP contribution is -2.59. The number of rotatable bonds is 8. The first-order valence-corrected chi connectivity index (χ1v) is 29.5. The van der Waals surface area contributed by atoms with Gasteiger partial charge in [0.15, 0.2) is 5.43 Å². The Bertz CT molecular complexity index is 3450. The SMILES string of the molecule is C/C=C(\C(=O)O[C@@H]1Cc2c3c(c4oc(CO)cc(=O)c4c2O)[C@H]2C4=CCNC(N)=C4[C@@H](CCc4ccc(O)cc4[C@H]2CO)[C@H]2CCC4=CC(NCC)NC=C4C[C@@H]2[C@]1(C)O3)[C@]1(O)CC[C@H](c2ccc3c(c2)[C@@]2(O)CCC[C@H]2CC3)C1. The third-order valence-corrected chi connectivity index (χ3v) is 20.8. The Balaban J connectivity index is 0.989. The molecule has 80 heavy (non-hydrogen) atoms. The fourth-order valence-corrected chi connectivity index (χ4v) is 17.0. The molecule has 4 aliphatic heterocycles. The highest BCUT2D eigenvalue weighted by Crippen LogP contribution is 2.62. The van der Waals surface area contributed by atoms with Crippen LogP contribution < -0.4 is 31.8 Å². The largest absolute Gasteiger partial charge is 0.508 e. The number of carbonyl (C=O) groups excluding carboxylic acids is 1. The van der Waals surface area contributed by atoms with Gasteiger partial charge in [-0.05, 0) is 196 Å². The van der Waals surface area contributed by atoms with Crippen LogP contribution in [0.3, 0.4) is 0 Å². The van der Waals surface area contributed by atoms with E-state index in [9.17, 15) is 35.4 Å². The van der Waals surface area contributed by atoms with Crippen molar-refractivity contribution in [1.29, 1.82) is 0 Å². The molecular weight excluding hydrogens is 1010 g/mol. The number of aromatic hydroxyl groups is 2. The second kappa shape index (κ2) is 20.0. The van der Waals surface area contributed by atoms with Crippen molar-refractivity contribution < 1.29 is 49.3 Å². The molecule has 1 aromatic heterocycles. The van der Waals surface area contributed by atoms with Crippen molar-refractivity contribution in [3.05, 3.63) is 156 Å². The molecular formula is C65H76N4O11. The lowest BCUT2D eigenvalue weighted by molar-refractivity contribution is -0.171. The van der Waals surface area contributed by atoms with Crippen LogP contribution in [0.2, 0.25) is 0 Å². The highest BCUT2D eigenvalue weighted by atomic mass is 16.6. The Morgan fingerprint density at radius 2 is 1.80 bits per heavy atom. The molecule has 0 spiro atoms. The van der Waals surface area contributed by atoms with Gasteiger partial charge in [-0.25, -0.2) is 4.79 Å². The van der Waals surface area contributed by atoms with Gasteiger partial charge in [0.1, 0.15) is 58.1 Å². The molecule has 0 saturated heterocycles. The summed E-state index contributed by atoms with van der Waals surface area (Å²) in [6.45, 7) is 5.89. The maximum atomic E-state index is 15.5. The van der Waals surface area contributed by atoms with Crippen molar-refractivity contribution in [2.45, 2.75) is 164 Å². The minimum Gasteiger partial charge on any atom is -0.508 e. The molecule has 15 heteroatoms. The fourth-order valence-electron chi connectivity index (χ4n) is 17.0. The summed E-state index contributed by atoms with van der Waals surface area (Å²) in [5.41, 5.74) is 12.5. The number of dihydropyridines is 2. The smallest absolute Gasteiger partial charge is 0.337 e. The Morgan fingerprint density at radius 3 is 2.60 bits per heavy atom. The first-order chi connectivity index (χ1) is 38.6. The number of phenolic OH excluding ortho intramolecular Hbond substituents is 2. The van der Waals surface area contributed by atoms with Crippen LogP contribution in [0.5, 0.6) is 17.2 Å². The average Bonchev–Trinajstić information content (AvgIpc) is 4.11. The lowest BCUT2D eigenvalue weighted by Gasteiger charge is -2.52. The summed E-state index contributed by atoms with van der Waals surface area (Å²) in [6, 6.07) is 12.9. The molecule has 3 saturated carbocycles. The number of allylic oxidation sites excluding steroid dienone is 5. The standard InChI is InChI=1S/C65H76N4O11/c1-4-48(64(76)21-18-37(29-64)35-9-8-34-10-14-39-7-6-20-65(39,77)49(34)23-35)62(75)79-52-28-46-58(74)56-51(73)27-41(31-70)78-60(56)57-54-44-19-22-68-61(66)55(44)43(17-12-33-11-15-40(72)26-45(33)47(54)32-71)42-16-13-36-25-53(67-5-2)69-30-38(36)24-50(42)63(52,3)80-59(46)57/h4,8-9,11,15,19,23,25-27,30,37,39,42-43,47,50,52-54,67-72,74,76-77H,5-7,10,12-14,16-18,20-22,24,28-29,31-32,66H2,1-3H3/b48-4+/t37-,39-,42+,43-,47+,50-,52+,53?,54-,63-,64-,65+/m0/s1. The molecule has 4 aromatic rings. The number of aliphatic hydroxyl groups excluding tert-OH is 2. The molecule has 1 unspecified atom stereocenters. The number of aryl methyl sites for hydroxylation is 2. The molecule has 11 N–H and O–H groups in total. The predicted octanol–water partition coefficient (Wildman–Crippen LogP) is 7.78. The summed E-state index contributed by atoms with van der Waals surface area (Å²) in [7, 11) is 0. The lowest BCUT2D eigenvalue weighted by atomic mass is 9.61. The molecule has 5 heterocycles. The van der Waals surface area contributed by atoms with Crippen molar-refractivity contribution in [2.75, 3.05) is 19.7 Å². The third kappa shape index (κ3) is 8.29. The van der Waals surface area contributed by atoms with Crippen molar-refractivity contribution in [2.24, 2.45) is 29.4 Å². The van der Waals surface area contributed by atoms with E-state index in [2.05, 4.69) is 59.4 Å². The number of phenols is 2. The zero-order valence-corrected chi connectivity index (χ0v) is 46.1. The van der Waals surface area contributed by atoms with E-state index in [0.29, 0.717) is 62.0 Å². The van der Waals surface area contributed by atoms with Crippen molar-refractivity contribution >= 4 is 16.9 Å². The molecule has 9 aliphatic rings. The van der Waals surface area contributed by atoms with E-state index in [1.807, 2.05) is 13.0 Å². The zero-order valence-electron chi connectivity index (χ0n) is 46.1. The Kier molecular flexibility index (Phi) is 13.2. The highest BCUT2D eigenvalue weighted by molar-refractivity contribution is 5.93. The van der Waals surface area contributed by atoms with Gasteiger partial charge in [0.05, 0.1) is 29.5 Å². The molecule has 15 nitrogen and oxygen atoms in total. The molecule has 3 aromatic carbocycles. The number of benzene rings is 3. The van der Waals surface area contributed by atoms with E-state index in [4.69, 9.17) is 19.6 Å². The molecule has 0 amide bonds. The summed E-state index contributed by atoms with van der Waals surface area (Å²) in [5.74, 6) is -2.82. The minimum atomic E-state index is -1.55. The molecule has 3 fully saturated rings. The van der Waals surface area contributed by atoms with Gasteiger partial charge in [-0.1, -0.05) is 43.3 Å². The number of ether oxygens (including phenoxy) is 2. The Labute approximate surface area is 466 Å². The number of hydrogen-bond acceptors (Lipinski definition) is 15. The van der Waals surface area contributed by atoms with Crippen LogP contribution in [0.1, 0.15) is 154 Å². The Hall–Kier alpha value is -6.36. The molecule has 4 bridgehead atoms. The number of nitrogens with one attached hydrogen (secondary N) is 3. The van der Waals surface area contributed by atoms with Crippen LogP contribution >= 0.6 is 0 Å². The molecule has 422 valence electrons. The minimum absolute atomic E-state index is 0.0175. The highest BCUT2D eigenvalue weighted by Gasteiger charge is 2.59. The van der Waals surface area contributed by atoms with Gasteiger partial charge >= 0.3 is 5.97 Å². The average molecular weight is 1090 g/mol. The van der Waals surface area contributed by atoms with Crippen LogP contribution in [0.25, 0.3) is 11.0 Å². The summed E-state index contributed by atoms with van der Waals surface area (Å²) in [6.07, 6.45) is 15.8. The summed E-state index contributed by atoms with van der Waals surface area (Å²) in [4.78, 5) is 30.1. The second-order valence-corrected chi connectivity index (χ2v) is 24.8. The van der Waals surface area contributed by atoms with E-state index >= 15 is 4.79 Å². The number of carbonyl (C=O) groups is 1. The first kappa shape index (κ1) is 53.0. The monoisotopic (exact) mass is 1090 g/mol. The second-order valence-electron chi connectivity index (χ2n) is 24.8. The topological polar surface area (TPSA) is 249 Å². The van der Waals surface area contributed by atoms with Crippen molar-refractivity contribution in [3.63, 3.8) is 0 Å². The van der Waals surface area contributed by atoms with Crippen LogP contribution in [-0.2, 0) is 41.0 Å². The molecule has 0 radical (unpaired) electrons. The number of fused-ring (bicyclic) bond motifs is 12. The maximum absolute atomic E-state index is 15.5. The summed E-state index contributed by atoms with van der Waals surface area (Å²) >= 11 is 0. The number of esters is 1. The van der Waals surface area contributed by atoms with Crippen LogP contribution in [0, 0.1) is 23.7 Å². The van der Waals surface area contributed by atoms with Gasteiger partial charge in [0.25, 0.3) is 0 Å². The summed E-state index contributed by atoms with van der Waals surface area (Å²) < 4.78 is 21.4. The summed E-state index contributed by atoms with van der Waals surface area (Å²) in [5, 5.41) is 82.0. The zero-order chi connectivity index (χ0) is 55.6. The van der Waals surface area contributed by atoms with E-state index in [0.717, 1.165) is 84.5 Å². The molecule has 5 aliphatic carbocycles. The van der Waals surface area contributed by atoms with Gasteiger partial charge < -0.3 is 60.9 Å². The number of likely N-dealkylation sites (N-methyl/N-ethyl adjacent to an activating group) is 1. The van der Waals surface area contributed by atoms with Crippen LogP contribution in [-0.4, -0.2) is 79.8 Å². The first-order valence-electron chi connectivity index (χ1n) is 29.5. The Morgan fingerprint density at radius 1 is 0.975 bits per heavy atom. The van der Waals surface area contributed by atoms with Gasteiger partial charge in [-0.3, -0.25) is 10.1 Å². The van der Waals surface area contributed by atoms with E-state index < -0.39 is 71.0 Å². The number of nitrogens with two attached hydrogens (primary N) is 1. The van der Waals surface area contributed by atoms with Gasteiger partial charge in [-0.2, -0.15) is 0 Å². The van der Waals surface area contributed by atoms with E-state index in [1.165, 1.54) is 11.1 Å². The quantitative estimate of drug-likeness (QED) is 0.0598. The van der Waals surface area contributed by atoms with Crippen molar-refractivity contribution in [3.8, 4) is 17.2 Å². The third-order valence-electron chi connectivity index (χ3n) is 20.8. The van der Waals surface area contributed by atoms with Crippen molar-refractivity contribution in [1.82, 2.24) is 16.0 Å². The molecule has 12 atom stereocenters. The van der Waals surface area contributed by atoms with Gasteiger partial charge in [0, 0.05) is 54.1 Å². The number of hydrogen-bond donors (Lipinski definition) is 10. The molecule has 13 rings (SSSR count). The fraction of sp³-hybridized carbons (Fsp3) is 0.508. The van der Waals surface area contributed by atoms with Gasteiger partial charge in [0.2, 0.25) is 0 Å². The van der Waals surface area contributed by atoms with Crippen LogP contribution in [0.4, 0.5) is 0 Å². The normalized spacial score (nSPS) is 33.2. The van der Waals surface area contributed by atoms with Gasteiger partial charge in [-0.15, -0.1) is 0 Å².